The van der Waals surface area contributed by atoms with E-state index in [1.54, 1.807) is 0 Å². The van der Waals surface area contributed by atoms with Gasteiger partial charge in [0.05, 0.1) is 12.9 Å². The van der Waals surface area contributed by atoms with Crippen molar-refractivity contribution < 1.29 is 24.8 Å². The van der Waals surface area contributed by atoms with Crippen molar-refractivity contribution in [2.45, 2.75) is 44.3 Å². The van der Waals surface area contributed by atoms with Gasteiger partial charge in [-0.05, 0) is 13.3 Å². The minimum absolute atomic E-state index is 0.238. The van der Waals surface area contributed by atoms with E-state index in [4.69, 9.17) is 15.2 Å². The molecule has 10 heteroatoms. The van der Waals surface area contributed by atoms with Gasteiger partial charge in [-0.2, -0.15) is 0 Å². The number of rotatable bonds is 7. The van der Waals surface area contributed by atoms with E-state index < -0.39 is 31.1 Å². The van der Waals surface area contributed by atoms with Crippen LogP contribution < -0.4 is 5.73 Å². The third kappa shape index (κ3) is 3.44. The summed E-state index contributed by atoms with van der Waals surface area (Å²) >= 11 is 0. The van der Waals surface area contributed by atoms with Gasteiger partial charge >= 0.3 is 0 Å². The molecule has 10 nitrogen and oxygen atoms in total. The van der Waals surface area contributed by atoms with E-state index in [1.165, 1.54) is 10.9 Å². The largest absolute Gasteiger partial charge is 0.394 e. The molecule has 4 atom stereocenters. The molecule has 0 amide bonds. The Morgan fingerprint density at radius 1 is 1.32 bits per heavy atom. The number of hydrogen-bond acceptors (Lipinski definition) is 9. The Kier molecular flexibility index (Phi) is 5.45. The number of imidazole rings is 1. The van der Waals surface area contributed by atoms with Crippen LogP contribution in [0, 0.1) is 0 Å². The molecule has 0 saturated carbocycles. The average Bonchev–Trinajstić information content (AvgIpc) is 3.14. The van der Waals surface area contributed by atoms with Crippen molar-refractivity contribution in [2.75, 3.05) is 25.6 Å². The highest BCUT2D eigenvalue weighted by Crippen LogP contribution is 2.31. The van der Waals surface area contributed by atoms with Crippen LogP contribution in [-0.2, 0) is 15.9 Å². The van der Waals surface area contributed by atoms with Crippen LogP contribution in [0.2, 0.25) is 0 Å². The molecule has 0 aliphatic carbocycles. The van der Waals surface area contributed by atoms with Gasteiger partial charge in [-0.3, -0.25) is 4.57 Å². The summed E-state index contributed by atoms with van der Waals surface area (Å²) in [5.74, 6) is 0.778. The number of aryl methyl sites for hydroxylation is 1. The van der Waals surface area contributed by atoms with Crippen LogP contribution in [0.5, 0.6) is 0 Å². The number of hydrogen-bond donors (Lipinski definition) is 4. The molecule has 0 spiro atoms. The summed E-state index contributed by atoms with van der Waals surface area (Å²) in [7, 11) is 0. The summed E-state index contributed by atoms with van der Waals surface area (Å²) in [6.45, 7) is 2.78. The van der Waals surface area contributed by atoms with Gasteiger partial charge in [0, 0.05) is 19.6 Å². The zero-order valence-corrected chi connectivity index (χ0v) is 13.9. The van der Waals surface area contributed by atoms with Gasteiger partial charge in [-0.1, -0.05) is 0 Å². The number of nitrogen functional groups attached to an aromatic ring is 1. The number of aromatic nitrogens is 4. The minimum Gasteiger partial charge on any atom is -0.394 e. The van der Waals surface area contributed by atoms with Crippen LogP contribution in [0.3, 0.4) is 0 Å². The molecule has 5 N–H and O–H groups in total. The summed E-state index contributed by atoms with van der Waals surface area (Å²) < 4.78 is 12.3. The first kappa shape index (κ1) is 18.0. The lowest BCUT2D eigenvalue weighted by atomic mass is 10.1. The molecule has 138 valence electrons. The van der Waals surface area contributed by atoms with Crippen molar-refractivity contribution in [3.8, 4) is 0 Å². The molecule has 1 aliphatic heterocycles. The van der Waals surface area contributed by atoms with Crippen LogP contribution in [0.4, 0.5) is 5.82 Å². The molecule has 0 radical (unpaired) electrons. The van der Waals surface area contributed by atoms with Crippen molar-refractivity contribution in [2.24, 2.45) is 0 Å². The maximum absolute atomic E-state index is 10.2. The first-order valence-electron chi connectivity index (χ1n) is 8.26. The predicted octanol–water partition coefficient (Wildman–Crippen LogP) is -1.01. The highest BCUT2D eigenvalue weighted by molar-refractivity contribution is 5.81. The fraction of sp³-hybridized carbons (Fsp3) is 0.667. The maximum atomic E-state index is 10.2. The van der Waals surface area contributed by atoms with Gasteiger partial charge in [-0.15, -0.1) is 0 Å². The fourth-order valence-corrected chi connectivity index (χ4v) is 2.87. The molecule has 1 aliphatic rings. The second-order valence-electron chi connectivity index (χ2n) is 5.88. The lowest BCUT2D eigenvalue weighted by molar-refractivity contribution is -0.0511. The molecule has 25 heavy (non-hydrogen) atoms. The van der Waals surface area contributed by atoms with Crippen LogP contribution >= 0.6 is 0 Å². The van der Waals surface area contributed by atoms with E-state index in [1.807, 2.05) is 6.92 Å². The Morgan fingerprint density at radius 2 is 2.12 bits per heavy atom. The third-order valence-corrected chi connectivity index (χ3v) is 4.18. The van der Waals surface area contributed by atoms with Crippen LogP contribution in [0.15, 0.2) is 6.33 Å². The molecular weight excluding hydrogens is 330 g/mol. The molecule has 0 aromatic carbocycles. The number of aliphatic hydroxyl groups excluding tert-OH is 3. The van der Waals surface area contributed by atoms with E-state index >= 15 is 0 Å². The summed E-state index contributed by atoms with van der Waals surface area (Å²) in [6.07, 6.45) is -1.43. The second kappa shape index (κ2) is 7.58. The highest BCUT2D eigenvalue weighted by atomic mass is 16.6. The van der Waals surface area contributed by atoms with E-state index in [0.717, 1.165) is 6.42 Å². The Balaban J connectivity index is 1.88. The van der Waals surface area contributed by atoms with Crippen molar-refractivity contribution in [3.05, 3.63) is 12.2 Å². The van der Waals surface area contributed by atoms with E-state index in [0.29, 0.717) is 36.6 Å². The van der Waals surface area contributed by atoms with Gasteiger partial charge < -0.3 is 30.5 Å². The van der Waals surface area contributed by atoms with Crippen molar-refractivity contribution in [1.82, 2.24) is 19.5 Å². The van der Waals surface area contributed by atoms with Crippen molar-refractivity contribution in [1.29, 1.82) is 0 Å². The monoisotopic (exact) mass is 353 g/mol. The fourth-order valence-electron chi connectivity index (χ4n) is 2.87. The standard InChI is InChI=1S/C15H23N5O5/c1-2-24-5-3-4-9-18-13(16)10-14(19-9)20(7-17-10)15-12(23)11(22)8(6-21)25-15/h7-8,11-12,15,21-23H,2-6H2,1H3,(H2,16,18,19)/t8-,11-,12-,15?/m1/s1. The van der Waals surface area contributed by atoms with Gasteiger partial charge in [0.25, 0.3) is 0 Å². The Morgan fingerprint density at radius 3 is 2.80 bits per heavy atom. The molecular formula is C15H23N5O5. The zero-order chi connectivity index (χ0) is 18.0. The second-order valence-corrected chi connectivity index (χ2v) is 5.88. The Bertz CT molecular complexity index is 724. The van der Waals surface area contributed by atoms with Crippen molar-refractivity contribution >= 4 is 17.0 Å². The summed E-state index contributed by atoms with van der Waals surface area (Å²) in [4.78, 5) is 12.9. The minimum atomic E-state index is -1.22. The lowest BCUT2D eigenvalue weighted by Gasteiger charge is -2.16. The topological polar surface area (TPSA) is 149 Å². The molecule has 1 saturated heterocycles. The van der Waals surface area contributed by atoms with Gasteiger partial charge in [-0.25, -0.2) is 15.0 Å². The quantitative estimate of drug-likeness (QED) is 0.459. The first-order chi connectivity index (χ1) is 12.1. The SMILES string of the molecule is CCOCCCc1nc(N)c2ncn(C3O[C@H](CO)[C@@H](O)[C@H]3O)c2n1. The summed E-state index contributed by atoms with van der Waals surface area (Å²) in [5.41, 5.74) is 6.77. The average molecular weight is 353 g/mol. The zero-order valence-electron chi connectivity index (χ0n) is 13.9. The number of ether oxygens (including phenoxy) is 2. The molecule has 0 bridgehead atoms. The van der Waals surface area contributed by atoms with Crippen LogP contribution in [-0.4, -0.2) is 73.0 Å². The van der Waals surface area contributed by atoms with Crippen LogP contribution in [0.1, 0.15) is 25.4 Å². The maximum Gasteiger partial charge on any atom is 0.167 e. The lowest BCUT2D eigenvalue weighted by Crippen LogP contribution is -2.33. The van der Waals surface area contributed by atoms with Gasteiger partial charge in [0.1, 0.15) is 29.7 Å². The molecule has 3 heterocycles. The molecule has 3 rings (SSSR count). The number of fused-ring (bicyclic) bond motifs is 1. The van der Waals surface area contributed by atoms with Crippen LogP contribution in [0.25, 0.3) is 11.2 Å². The van der Waals surface area contributed by atoms with Gasteiger partial charge in [0.15, 0.2) is 17.7 Å². The van der Waals surface area contributed by atoms with E-state index in [9.17, 15) is 15.3 Å². The smallest absolute Gasteiger partial charge is 0.167 e. The summed E-state index contributed by atoms with van der Waals surface area (Å²) in [5, 5.41) is 29.4. The van der Waals surface area contributed by atoms with E-state index in [2.05, 4.69) is 15.0 Å². The third-order valence-electron chi connectivity index (χ3n) is 4.18. The molecule has 1 unspecified atom stereocenters. The number of nitrogens with zero attached hydrogens (tertiary/aromatic N) is 4. The Labute approximate surface area is 144 Å². The number of aliphatic hydroxyl groups is 3. The van der Waals surface area contributed by atoms with Crippen molar-refractivity contribution in [3.63, 3.8) is 0 Å². The normalized spacial score (nSPS) is 26.6. The Hall–Kier alpha value is -1.85. The molecule has 1 fully saturated rings. The summed E-state index contributed by atoms with van der Waals surface area (Å²) in [6, 6.07) is 0. The first-order valence-corrected chi connectivity index (χ1v) is 8.26. The van der Waals surface area contributed by atoms with Gasteiger partial charge in [0.2, 0.25) is 0 Å². The predicted molar refractivity (Wildman–Crippen MR) is 87.6 cm³/mol. The number of anilines is 1. The number of nitrogens with two attached hydrogens (primary N) is 1. The molecule has 2 aromatic heterocycles. The van der Waals surface area contributed by atoms with E-state index in [-0.39, 0.29) is 5.82 Å². The molecule has 2 aromatic rings. The highest BCUT2D eigenvalue weighted by Gasteiger charge is 2.44.